The zero-order chi connectivity index (χ0) is 108. The highest BCUT2D eigenvalue weighted by Crippen LogP contribution is 2.57. The fourth-order valence-electron chi connectivity index (χ4n) is 21.2. The molecule has 131 heavy (non-hydrogen) atoms. The van der Waals surface area contributed by atoms with Crippen molar-refractivity contribution in [3.63, 3.8) is 0 Å². The van der Waals surface area contributed by atoms with Crippen LogP contribution < -0.4 is 0 Å². The third-order valence-corrected chi connectivity index (χ3v) is 27.1. The quantitative estimate of drug-likeness (QED) is 0.118. The van der Waals surface area contributed by atoms with E-state index in [-0.39, 0.29) is 148 Å². The number of benzene rings is 23. The van der Waals surface area contributed by atoms with E-state index in [1.165, 1.54) is 16.7 Å². The Bertz CT molecular complexity index is 10700. The minimum absolute atomic E-state index is 0.178. The largest absolute Gasteiger partial charge is 0.456 e. The maximum Gasteiger partial charge on any atom is 0.135 e. The molecule has 2 aliphatic rings. The van der Waals surface area contributed by atoms with Crippen molar-refractivity contribution in [2.24, 2.45) is 0 Å². The summed E-state index contributed by atoms with van der Waals surface area (Å²) in [6.07, 6.45) is 0. The predicted molar refractivity (Wildman–Crippen MR) is 554 cm³/mol. The van der Waals surface area contributed by atoms with E-state index in [1.54, 1.807) is 36.4 Å². The predicted octanol–water partition coefficient (Wildman–Crippen LogP) is 36.3. The molecule has 23 aromatic carbocycles. The highest BCUT2D eigenvalue weighted by atomic mass is 16.3. The number of hydrogen-bond acceptors (Lipinski definition) is 3. The van der Waals surface area contributed by atoms with Gasteiger partial charge in [0.05, 0.1) is 32.9 Å². The molecule has 3 aromatic heterocycles. The molecule has 26 aromatic rings. The minimum Gasteiger partial charge on any atom is -0.456 e. The number of hydrogen-bond donors (Lipinski definition) is 0. The molecular weight excluding hydrogens is 1590 g/mol. The highest BCUT2D eigenvalue weighted by Gasteiger charge is 2.38. The molecule has 0 N–H and O–H groups in total. The van der Waals surface area contributed by atoms with Crippen LogP contribution in [0.15, 0.2) is 449 Å². The van der Waals surface area contributed by atoms with E-state index in [9.17, 15) is 16.4 Å². The maximum atomic E-state index is 9.43. The topological polar surface area (TPSA) is 39.4 Å². The van der Waals surface area contributed by atoms with Crippen molar-refractivity contribution in [3.8, 4) is 100 Å². The highest BCUT2D eigenvalue weighted by molar-refractivity contribution is 6.28. The summed E-state index contributed by atoms with van der Waals surface area (Å²) in [6, 6.07) is 84.9. The summed E-state index contributed by atoms with van der Waals surface area (Å²) < 4.78 is 236. The van der Waals surface area contributed by atoms with Gasteiger partial charge in [0.25, 0.3) is 0 Å². The van der Waals surface area contributed by atoms with Gasteiger partial charge in [-0.1, -0.05) is 391 Å². The molecule has 0 atom stereocenters. The average Bonchev–Trinajstić information content (AvgIpc) is 1.46. The van der Waals surface area contributed by atoms with Crippen molar-refractivity contribution in [1.29, 1.82) is 0 Å². The molecule has 0 saturated carbocycles. The summed E-state index contributed by atoms with van der Waals surface area (Å²) in [7, 11) is 0. The molecule has 3 heteroatoms. The van der Waals surface area contributed by atoms with E-state index in [0.29, 0.717) is 100 Å². The third kappa shape index (κ3) is 11.8. The SMILES string of the molecule is [2H]c1c([2H])c([2H])c2c(-c3cc4ccccc4c4ccccc34)c3c([2H])c([2H])c([2H])c([2H])c3c(-c3ccc4oc5ccccc5c4c3)c2c1[2H].[2H]c1c([2H])c([2H])c2c(-c3ccc4oc5ccccc5c4c3)c3c([2H])c([2H])c([2H])c([2H])c3c(-c3ccc4c(c3)-c3ccccc3C4(C)C)c2c1[2H].[2H]c1c([2H])c([2H])c2c(-c3ccc4oc5ccccc5c4c3)c3c([2H])c([2H])c([2H])c([2H])c3c(-c3cccc(-c4cccc5c4-c4ccccc4C5(C)C)c3)c2c1[2H]. The van der Waals surface area contributed by atoms with Crippen molar-refractivity contribution < 1.29 is 46.1 Å². The Labute approximate surface area is 791 Å². The summed E-state index contributed by atoms with van der Waals surface area (Å²) in [6.45, 7) is 8.80. The monoisotopic (exact) mass is 1690 g/mol. The van der Waals surface area contributed by atoms with Crippen molar-refractivity contribution in [2.75, 3.05) is 0 Å². The second-order valence-corrected chi connectivity index (χ2v) is 34.8. The first kappa shape index (κ1) is 55.2. The first-order valence-electron chi connectivity index (χ1n) is 55.6. The van der Waals surface area contributed by atoms with E-state index >= 15 is 0 Å². The van der Waals surface area contributed by atoms with Gasteiger partial charge in [-0.25, -0.2) is 0 Å². The summed E-state index contributed by atoms with van der Waals surface area (Å²) in [5, 5.41) is 10.8. The fraction of sp³-hybridized carbons (Fsp3) is 0.0469. The summed E-state index contributed by atoms with van der Waals surface area (Å²) in [5.74, 6) is 0. The van der Waals surface area contributed by atoms with Crippen LogP contribution in [0.4, 0.5) is 0 Å². The van der Waals surface area contributed by atoms with Gasteiger partial charge in [-0.15, -0.1) is 0 Å². The van der Waals surface area contributed by atoms with Gasteiger partial charge in [0.15, 0.2) is 0 Å². The van der Waals surface area contributed by atoms with E-state index in [1.807, 2.05) is 206 Å². The van der Waals surface area contributed by atoms with Crippen molar-refractivity contribution in [1.82, 2.24) is 0 Å². The van der Waals surface area contributed by atoms with E-state index in [2.05, 4.69) is 76.2 Å². The molecule has 0 aliphatic heterocycles. The molecule has 0 radical (unpaired) electrons. The Morgan fingerprint density at radius 1 is 0.168 bits per heavy atom. The van der Waals surface area contributed by atoms with Crippen LogP contribution in [-0.2, 0) is 10.8 Å². The molecule has 3 heterocycles. The molecule has 28 rings (SSSR count). The molecule has 0 saturated heterocycles. The first-order valence-corrected chi connectivity index (χ1v) is 43.6. The molecular formula is C128H84O3. The van der Waals surface area contributed by atoms with Crippen LogP contribution in [0.1, 0.15) is 82.8 Å². The molecule has 3 nitrogen and oxygen atoms in total. The molecule has 2 aliphatic carbocycles. The zero-order valence-electron chi connectivity index (χ0n) is 94.9. The van der Waals surface area contributed by atoms with Crippen LogP contribution in [0.25, 0.3) is 252 Å². The Kier molecular flexibility index (Phi) is 12.5. The lowest BCUT2D eigenvalue weighted by molar-refractivity contribution is 0.660. The van der Waals surface area contributed by atoms with E-state index in [0.717, 1.165) is 92.8 Å². The molecule has 0 amide bonds. The van der Waals surface area contributed by atoms with Crippen LogP contribution in [0.3, 0.4) is 0 Å². The lowest BCUT2D eigenvalue weighted by Crippen LogP contribution is -2.14. The van der Waals surface area contributed by atoms with E-state index < -0.39 is 72.5 Å². The van der Waals surface area contributed by atoms with Crippen LogP contribution >= 0.6 is 0 Å². The van der Waals surface area contributed by atoms with Gasteiger partial charge in [-0.05, 0) is 281 Å². The fourth-order valence-corrected chi connectivity index (χ4v) is 21.2. The van der Waals surface area contributed by atoms with Gasteiger partial charge >= 0.3 is 0 Å². The Hall–Kier alpha value is -16.5. The smallest absolute Gasteiger partial charge is 0.135 e. The summed E-state index contributed by atoms with van der Waals surface area (Å²) in [4.78, 5) is 0. The Balaban J connectivity index is 0.000000116. The Morgan fingerprint density at radius 2 is 0.466 bits per heavy atom. The summed E-state index contributed by atoms with van der Waals surface area (Å²) in [5.41, 5.74) is 19.7. The lowest BCUT2D eigenvalue weighted by Gasteiger charge is -2.22. The standard InChI is InChI=1S/C47H32O.C41H28O.C40H24O/c1-47(2)40-22-9-7-20-38(40)46-32(21-12-23-41(46)47)29-13-11-14-30(27-29)44-34-16-3-5-18-36(34)45(37-19-6-4-17-35(37)44)31-25-26-43-39(28-31)33-15-8-10-24-42(33)48-43;1-41(2)35-17-9-7-11-27(35)33-23-25(19-21-36(33)41)39-29-13-3-5-15-31(29)40(32-16-6-4-14-30(32)39)26-20-22-38-34(24-26)28-12-8-10-18-37(28)42-38;1-2-12-27-25(11-1)23-36(29-14-4-3-13-28(27)29)40-33-18-7-5-16-31(33)39(32-17-6-8-19-34(32)40)26-21-22-38-35(24-26)30-15-9-10-20-37(30)41-38/h3-28H,1-2H3;3-24H,1-2H3;1-24H/i3D,4D,5D,6D,16D,17D,18D,19D;3D,4D,5D,6D,13D,14D,15D,16D;5D,6D,7D,8D,16D,17D,18D,19D. The van der Waals surface area contributed by atoms with Gasteiger partial charge < -0.3 is 13.3 Å². The average molecular weight is 1690 g/mol. The summed E-state index contributed by atoms with van der Waals surface area (Å²) >= 11 is 0. The second kappa shape index (κ2) is 29.6. The van der Waals surface area contributed by atoms with Gasteiger partial charge in [-0.3, -0.25) is 0 Å². The van der Waals surface area contributed by atoms with Crippen molar-refractivity contribution >= 4 is 152 Å². The second-order valence-electron chi connectivity index (χ2n) is 34.8. The van der Waals surface area contributed by atoms with Gasteiger partial charge in [0.2, 0.25) is 0 Å². The van der Waals surface area contributed by atoms with Crippen LogP contribution in [-0.4, -0.2) is 0 Å². The number of para-hydroxylation sites is 3. The normalized spacial score (nSPS) is 15.6. The van der Waals surface area contributed by atoms with Crippen molar-refractivity contribution in [2.45, 2.75) is 38.5 Å². The number of furan rings is 3. The molecule has 614 valence electrons. The maximum absolute atomic E-state index is 9.43. The molecule has 0 bridgehead atoms. The first-order chi connectivity index (χ1) is 74.5. The number of fused-ring (bicyclic) bond motifs is 24. The van der Waals surface area contributed by atoms with Gasteiger partial charge in [0, 0.05) is 43.1 Å². The molecule has 0 unspecified atom stereocenters. The van der Waals surface area contributed by atoms with E-state index in [4.69, 9.17) is 29.7 Å². The Morgan fingerprint density at radius 3 is 0.916 bits per heavy atom. The van der Waals surface area contributed by atoms with Crippen molar-refractivity contribution in [3.05, 3.63) is 458 Å². The van der Waals surface area contributed by atoms with Crippen LogP contribution in [0, 0.1) is 0 Å². The molecule has 0 fully saturated rings. The zero-order valence-corrected chi connectivity index (χ0v) is 70.9. The molecule has 0 spiro atoms. The van der Waals surface area contributed by atoms with Gasteiger partial charge in [-0.2, -0.15) is 0 Å². The lowest BCUT2D eigenvalue weighted by atomic mass is 9.81. The van der Waals surface area contributed by atoms with Crippen LogP contribution in [0.5, 0.6) is 0 Å². The third-order valence-electron chi connectivity index (χ3n) is 27.1. The van der Waals surface area contributed by atoms with Crippen LogP contribution in [0.2, 0.25) is 0 Å². The van der Waals surface area contributed by atoms with Gasteiger partial charge in [0.1, 0.15) is 33.5 Å². The number of rotatable bonds is 7. The minimum atomic E-state index is -0.431.